The van der Waals surface area contributed by atoms with E-state index in [-0.39, 0.29) is 11.4 Å². The van der Waals surface area contributed by atoms with E-state index in [1.54, 1.807) is 24.3 Å². The molecule has 0 bridgehead atoms. The van der Waals surface area contributed by atoms with Crippen molar-refractivity contribution in [3.63, 3.8) is 0 Å². The Morgan fingerprint density at radius 2 is 1.78 bits per heavy atom. The van der Waals surface area contributed by atoms with Gasteiger partial charge in [-0.05, 0) is 42.7 Å². The van der Waals surface area contributed by atoms with Crippen LogP contribution >= 0.6 is 0 Å². The van der Waals surface area contributed by atoms with Crippen molar-refractivity contribution in [3.05, 3.63) is 66.8 Å². The van der Waals surface area contributed by atoms with Crippen LogP contribution < -0.4 is 4.72 Å². The number of benzene rings is 1. The molecule has 27 heavy (non-hydrogen) atoms. The van der Waals surface area contributed by atoms with Gasteiger partial charge < -0.3 is 4.90 Å². The summed E-state index contributed by atoms with van der Waals surface area (Å²) in [5.74, 6) is -0.0123. The first-order valence-corrected chi connectivity index (χ1v) is 10.1. The Bertz CT molecular complexity index is 776. The van der Waals surface area contributed by atoms with E-state index in [1.807, 2.05) is 23.1 Å². The quantitative estimate of drug-likeness (QED) is 0.557. The minimum atomic E-state index is -2.12. The zero-order valence-corrected chi connectivity index (χ0v) is 16.1. The summed E-state index contributed by atoms with van der Waals surface area (Å²) in [5.41, 5.74) is 2.36. The number of piperazine rings is 1. The fourth-order valence-electron chi connectivity index (χ4n) is 3.75. The Morgan fingerprint density at radius 1 is 1.15 bits per heavy atom. The van der Waals surface area contributed by atoms with E-state index in [2.05, 4.69) is 22.8 Å². The maximum absolute atomic E-state index is 12.7. The molecule has 2 N–H and O–H groups in total. The van der Waals surface area contributed by atoms with Crippen LogP contribution in [0.25, 0.3) is 0 Å². The van der Waals surface area contributed by atoms with Crippen LogP contribution in [-0.2, 0) is 11.3 Å². The van der Waals surface area contributed by atoms with Crippen molar-refractivity contribution in [3.8, 4) is 0 Å². The molecule has 0 aromatic heterocycles. The van der Waals surface area contributed by atoms with Gasteiger partial charge in [0.05, 0.1) is 0 Å². The molecule has 1 saturated carbocycles. The first-order valence-electron chi connectivity index (χ1n) is 8.98. The van der Waals surface area contributed by atoms with Crippen LogP contribution in [0.1, 0.15) is 23.2 Å². The van der Waals surface area contributed by atoms with Gasteiger partial charge in [0.2, 0.25) is 0 Å². The minimum Gasteiger partial charge on any atom is -0.336 e. The van der Waals surface area contributed by atoms with Crippen LogP contribution in [0.3, 0.4) is 0 Å². The van der Waals surface area contributed by atoms with Crippen molar-refractivity contribution in [2.45, 2.75) is 18.4 Å². The molecule has 1 amide bonds. The third-order valence-electron chi connectivity index (χ3n) is 5.29. The summed E-state index contributed by atoms with van der Waals surface area (Å²) in [6.07, 6.45) is 8.00. The predicted molar refractivity (Wildman–Crippen MR) is 109 cm³/mol. The van der Waals surface area contributed by atoms with Crippen molar-refractivity contribution in [1.82, 2.24) is 9.80 Å². The molecule has 2 aliphatic rings. The lowest BCUT2D eigenvalue weighted by atomic mass is 10.0. The Morgan fingerprint density at radius 3 is 2.26 bits per heavy atom. The molecule has 1 aliphatic carbocycles. The van der Waals surface area contributed by atoms with Crippen molar-refractivity contribution < 1.29 is 13.6 Å². The maximum atomic E-state index is 12.7. The van der Waals surface area contributed by atoms with E-state index in [0.29, 0.717) is 24.3 Å². The van der Waals surface area contributed by atoms with Gasteiger partial charge in [-0.3, -0.25) is 19.0 Å². The number of carbonyl (C=O) groups excluding carboxylic acids is 1. The van der Waals surface area contributed by atoms with E-state index < -0.39 is 11.3 Å². The van der Waals surface area contributed by atoms with Crippen LogP contribution in [-0.4, -0.2) is 56.2 Å². The van der Waals surface area contributed by atoms with Gasteiger partial charge in [-0.2, -0.15) is 0 Å². The van der Waals surface area contributed by atoms with Gasteiger partial charge in [-0.15, -0.1) is 0 Å². The van der Waals surface area contributed by atoms with Gasteiger partial charge in [0, 0.05) is 43.0 Å². The van der Waals surface area contributed by atoms with Crippen LogP contribution in [0.2, 0.25) is 0 Å². The van der Waals surface area contributed by atoms with Gasteiger partial charge >= 0.3 is 0 Å². The van der Waals surface area contributed by atoms with Crippen LogP contribution in [0, 0.1) is 0 Å². The van der Waals surface area contributed by atoms with Crippen molar-refractivity contribution >= 4 is 22.9 Å². The monoisotopic (exact) mass is 387 g/mol. The molecule has 1 heterocycles. The molecule has 2 fully saturated rings. The highest BCUT2D eigenvalue weighted by Crippen LogP contribution is 2.48. The summed E-state index contributed by atoms with van der Waals surface area (Å²) >= 11 is -2.12. The van der Waals surface area contributed by atoms with Crippen molar-refractivity contribution in [1.29, 1.82) is 0 Å². The summed E-state index contributed by atoms with van der Waals surface area (Å²) in [7, 11) is 0. The van der Waals surface area contributed by atoms with E-state index in [1.165, 1.54) is 5.57 Å². The highest BCUT2D eigenvalue weighted by Gasteiger charge is 2.50. The number of anilines is 1. The first-order chi connectivity index (χ1) is 13.0. The molecule has 6 nitrogen and oxygen atoms in total. The van der Waals surface area contributed by atoms with Gasteiger partial charge in [0.15, 0.2) is 0 Å². The summed E-state index contributed by atoms with van der Waals surface area (Å²) < 4.78 is 22.0. The lowest BCUT2D eigenvalue weighted by Gasteiger charge is -2.40. The number of amides is 1. The van der Waals surface area contributed by atoms with Gasteiger partial charge in [0.25, 0.3) is 17.2 Å². The van der Waals surface area contributed by atoms with E-state index in [4.69, 9.17) is 4.55 Å². The van der Waals surface area contributed by atoms with Crippen molar-refractivity contribution in [2.75, 3.05) is 30.9 Å². The number of hydrogen-bond acceptors (Lipinski definition) is 3. The highest BCUT2D eigenvalue weighted by molar-refractivity contribution is 7.80. The van der Waals surface area contributed by atoms with Gasteiger partial charge in [-0.25, -0.2) is 4.21 Å². The zero-order chi connectivity index (χ0) is 19.4. The lowest BCUT2D eigenvalue weighted by molar-refractivity contribution is 0.0576. The fraction of sp³-hybridized carbons (Fsp3) is 0.350. The van der Waals surface area contributed by atoms with E-state index >= 15 is 0 Å². The highest BCUT2D eigenvalue weighted by atomic mass is 32.2. The molecule has 0 radical (unpaired) electrons. The fourth-order valence-corrected chi connectivity index (χ4v) is 4.09. The Kier molecular flexibility index (Phi) is 5.94. The molecule has 7 heteroatoms. The summed E-state index contributed by atoms with van der Waals surface area (Å²) in [4.78, 5) is 17.1. The molecule has 1 saturated heterocycles. The second-order valence-corrected chi connectivity index (χ2v) is 7.50. The SMILES string of the molecule is C=C/C=C(\C=C)C1(N2CCN(C(=O)c3ccc(NS(=O)O)cc3)CC2)CC1. The number of nitrogens with one attached hydrogen (secondary N) is 1. The molecular formula is C20H25N3O3S. The molecule has 1 aromatic rings. The number of rotatable bonds is 7. The largest absolute Gasteiger partial charge is 0.336 e. The standard InChI is InChI=1S/C20H25N3O3S/c1-3-5-17(4-2)20(10-11-20)23-14-12-22(13-15-23)19(24)16-6-8-18(9-7-16)21-27(25)26/h3-9,21H,1-2,10-15H2,(H,25,26)/b17-5+. The molecule has 1 aromatic carbocycles. The number of allylic oxidation sites excluding steroid dienone is 2. The summed E-state index contributed by atoms with van der Waals surface area (Å²) in [6, 6.07) is 6.62. The van der Waals surface area contributed by atoms with E-state index in [9.17, 15) is 9.00 Å². The molecule has 1 aliphatic heterocycles. The smallest absolute Gasteiger partial charge is 0.259 e. The third-order valence-corrected chi connectivity index (χ3v) is 5.70. The normalized spacial score (nSPS) is 20.6. The lowest BCUT2D eigenvalue weighted by Crippen LogP contribution is -2.53. The molecule has 1 atom stereocenters. The van der Waals surface area contributed by atoms with Crippen LogP contribution in [0.4, 0.5) is 5.69 Å². The number of carbonyl (C=O) groups is 1. The average Bonchev–Trinajstić information content (AvgIpc) is 3.47. The van der Waals surface area contributed by atoms with E-state index in [0.717, 1.165) is 25.9 Å². The van der Waals surface area contributed by atoms with Crippen LogP contribution in [0.5, 0.6) is 0 Å². The minimum absolute atomic E-state index is 0.0123. The number of hydrogen-bond donors (Lipinski definition) is 2. The molecule has 1 unspecified atom stereocenters. The summed E-state index contributed by atoms with van der Waals surface area (Å²) in [5, 5.41) is 0. The number of nitrogens with zero attached hydrogens (tertiary/aromatic N) is 2. The second kappa shape index (κ2) is 8.21. The zero-order valence-electron chi connectivity index (χ0n) is 15.3. The van der Waals surface area contributed by atoms with Gasteiger partial charge in [0.1, 0.15) is 0 Å². The molecule has 3 rings (SSSR count). The predicted octanol–water partition coefficient (Wildman–Crippen LogP) is 2.82. The van der Waals surface area contributed by atoms with Gasteiger partial charge in [-0.1, -0.05) is 31.4 Å². The average molecular weight is 388 g/mol. The Balaban J connectivity index is 1.61. The molecule has 144 valence electrons. The third kappa shape index (κ3) is 4.21. The maximum Gasteiger partial charge on any atom is 0.259 e. The molecule has 0 spiro atoms. The Labute approximate surface area is 162 Å². The van der Waals surface area contributed by atoms with Crippen LogP contribution in [0.15, 0.2) is 61.2 Å². The van der Waals surface area contributed by atoms with Crippen molar-refractivity contribution in [2.24, 2.45) is 0 Å². The Hall–Kier alpha value is -2.22. The summed E-state index contributed by atoms with van der Waals surface area (Å²) in [6.45, 7) is 10.8. The second-order valence-electron chi connectivity index (χ2n) is 6.80. The molecular weight excluding hydrogens is 362 g/mol. The first kappa shape index (κ1) is 19.5. The topological polar surface area (TPSA) is 72.9 Å².